The molecule has 4 heteroatoms. The van der Waals surface area contributed by atoms with Gasteiger partial charge in [0.2, 0.25) is 0 Å². The standard InChI is InChI=1S/C51H40N4/c52-32-33-16-23-45-44(27-33)43-22-19-39(28-46(43)51(45,41-12-6-2-7-13-41)42-14-8-3-9-15-42)49-54-47(37-10-4-1-5-11-37)53-48(55-49)38-17-20-40(21-18-38)50-29-34-24-35(30-50)26-36(25-34)31-50/h1-23,27-28,34-36H,24-26,29-31H2/t34-,35-,36-,50?. The van der Waals surface area contributed by atoms with Crippen molar-refractivity contribution < 1.29 is 0 Å². The number of fused-ring (bicyclic) bond motifs is 3. The second kappa shape index (κ2) is 12.4. The number of nitriles is 1. The van der Waals surface area contributed by atoms with Gasteiger partial charge in [-0.25, -0.2) is 15.0 Å². The van der Waals surface area contributed by atoms with Crippen molar-refractivity contribution in [3.63, 3.8) is 0 Å². The molecule has 5 aliphatic rings. The highest BCUT2D eigenvalue weighted by Crippen LogP contribution is 2.61. The highest BCUT2D eigenvalue weighted by molar-refractivity contribution is 5.88. The molecule has 4 nitrogen and oxygen atoms in total. The van der Waals surface area contributed by atoms with E-state index in [1.807, 2.05) is 30.3 Å². The van der Waals surface area contributed by atoms with Crippen LogP contribution in [-0.4, -0.2) is 15.0 Å². The number of rotatable bonds is 6. The molecular weight excluding hydrogens is 669 g/mol. The Hall–Kier alpha value is -6.18. The lowest BCUT2D eigenvalue weighted by Crippen LogP contribution is -2.48. The Morgan fingerprint density at radius 2 is 0.964 bits per heavy atom. The Morgan fingerprint density at radius 3 is 1.53 bits per heavy atom. The number of benzene rings is 6. The first-order valence-electron chi connectivity index (χ1n) is 19.8. The van der Waals surface area contributed by atoms with E-state index >= 15 is 0 Å². The molecule has 55 heavy (non-hydrogen) atoms. The fourth-order valence-electron chi connectivity index (χ4n) is 11.5. The van der Waals surface area contributed by atoms with Gasteiger partial charge in [-0.2, -0.15) is 5.26 Å². The summed E-state index contributed by atoms with van der Waals surface area (Å²) in [5.74, 6) is 4.69. The van der Waals surface area contributed by atoms with Crippen molar-refractivity contribution in [2.75, 3.05) is 0 Å². The molecule has 12 rings (SSSR count). The Morgan fingerprint density at radius 1 is 0.455 bits per heavy atom. The third-order valence-electron chi connectivity index (χ3n) is 13.4. The fraction of sp³-hybridized carbons (Fsp3) is 0.216. The van der Waals surface area contributed by atoms with Crippen LogP contribution >= 0.6 is 0 Å². The van der Waals surface area contributed by atoms with Gasteiger partial charge in [-0.3, -0.25) is 0 Å². The van der Waals surface area contributed by atoms with Gasteiger partial charge in [0.1, 0.15) is 0 Å². The maximum atomic E-state index is 9.97. The summed E-state index contributed by atoms with van der Waals surface area (Å²) in [4.78, 5) is 15.5. The lowest BCUT2D eigenvalue weighted by atomic mass is 9.48. The van der Waals surface area contributed by atoms with Gasteiger partial charge in [-0.1, -0.05) is 133 Å². The molecule has 4 saturated carbocycles. The Balaban J connectivity index is 1.08. The number of nitrogens with zero attached hydrogens (tertiary/aromatic N) is 4. The van der Waals surface area contributed by atoms with E-state index in [2.05, 4.69) is 127 Å². The molecule has 0 saturated heterocycles. The predicted molar refractivity (Wildman–Crippen MR) is 218 cm³/mol. The third kappa shape index (κ3) is 5.06. The quantitative estimate of drug-likeness (QED) is 0.172. The second-order valence-electron chi connectivity index (χ2n) is 16.6. The normalized spacial score (nSPS) is 22.5. The van der Waals surface area contributed by atoms with Crippen molar-refractivity contribution in [2.24, 2.45) is 17.8 Å². The molecule has 0 spiro atoms. The van der Waals surface area contributed by atoms with Crippen LogP contribution < -0.4 is 0 Å². The summed E-state index contributed by atoms with van der Waals surface area (Å²) >= 11 is 0. The second-order valence-corrected chi connectivity index (χ2v) is 16.6. The van der Waals surface area contributed by atoms with Crippen LogP contribution in [0.5, 0.6) is 0 Å². The SMILES string of the molecule is N#Cc1ccc2c(c1)-c1ccc(-c3nc(-c4ccccc4)nc(-c4ccc(C56C[C@H]7C[C@H](C5)C[C@@H](C6)C7)cc4)n3)cc1C2(c1ccccc1)c1ccccc1. The molecule has 0 atom stereocenters. The van der Waals surface area contributed by atoms with Gasteiger partial charge in [-0.15, -0.1) is 0 Å². The Kier molecular flexibility index (Phi) is 7.29. The van der Waals surface area contributed by atoms with Crippen LogP contribution in [-0.2, 0) is 10.8 Å². The van der Waals surface area contributed by atoms with Crippen LogP contribution in [0.25, 0.3) is 45.3 Å². The summed E-state index contributed by atoms with van der Waals surface area (Å²) in [6.45, 7) is 0. The van der Waals surface area contributed by atoms with Crippen molar-refractivity contribution >= 4 is 0 Å². The third-order valence-corrected chi connectivity index (χ3v) is 13.4. The molecular formula is C51H40N4. The van der Waals surface area contributed by atoms with Crippen molar-refractivity contribution in [3.8, 4) is 51.4 Å². The van der Waals surface area contributed by atoms with Gasteiger partial charge >= 0.3 is 0 Å². The van der Waals surface area contributed by atoms with E-state index < -0.39 is 5.41 Å². The molecule has 0 N–H and O–H groups in total. The van der Waals surface area contributed by atoms with Gasteiger partial charge in [0.15, 0.2) is 17.5 Å². The van der Waals surface area contributed by atoms with E-state index in [1.54, 1.807) is 0 Å². The highest BCUT2D eigenvalue weighted by atomic mass is 15.0. The average molecular weight is 709 g/mol. The van der Waals surface area contributed by atoms with E-state index in [0.717, 1.165) is 56.7 Å². The topological polar surface area (TPSA) is 62.5 Å². The van der Waals surface area contributed by atoms with Crippen LogP contribution in [0.2, 0.25) is 0 Å². The summed E-state index contributed by atoms with van der Waals surface area (Å²) in [6.07, 6.45) is 8.38. The molecule has 0 aliphatic heterocycles. The van der Waals surface area contributed by atoms with Crippen molar-refractivity contribution in [3.05, 3.63) is 185 Å². The van der Waals surface area contributed by atoms with Crippen molar-refractivity contribution in [2.45, 2.75) is 49.4 Å². The maximum Gasteiger partial charge on any atom is 0.164 e. The van der Waals surface area contributed by atoms with Crippen molar-refractivity contribution in [1.82, 2.24) is 15.0 Å². The summed E-state index contributed by atoms with van der Waals surface area (Å²) in [6, 6.07) is 56.1. The van der Waals surface area contributed by atoms with Gasteiger partial charge in [0, 0.05) is 16.7 Å². The minimum atomic E-state index is -0.609. The molecule has 4 fully saturated rings. The zero-order valence-corrected chi connectivity index (χ0v) is 30.7. The maximum absolute atomic E-state index is 9.97. The smallest absolute Gasteiger partial charge is 0.164 e. The number of hydrogen-bond acceptors (Lipinski definition) is 4. The summed E-state index contributed by atoms with van der Waals surface area (Å²) in [5, 5.41) is 9.97. The molecule has 6 aromatic carbocycles. The molecule has 1 heterocycles. The van der Waals surface area contributed by atoms with Crippen molar-refractivity contribution in [1.29, 1.82) is 5.26 Å². The molecule has 7 aromatic rings. The summed E-state index contributed by atoms with van der Waals surface area (Å²) in [7, 11) is 0. The number of aromatic nitrogens is 3. The molecule has 0 unspecified atom stereocenters. The Bertz CT molecular complexity index is 2550. The van der Waals surface area contributed by atoms with Crippen LogP contribution in [0.3, 0.4) is 0 Å². The molecule has 1 aromatic heterocycles. The summed E-state index contributed by atoms with van der Waals surface area (Å²) in [5.41, 5.74) is 11.6. The average Bonchev–Trinajstić information content (AvgIpc) is 3.53. The van der Waals surface area contributed by atoms with E-state index in [4.69, 9.17) is 15.0 Å². The lowest BCUT2D eigenvalue weighted by Gasteiger charge is -2.57. The van der Waals surface area contributed by atoms with E-state index in [0.29, 0.717) is 28.5 Å². The van der Waals surface area contributed by atoms with E-state index in [-0.39, 0.29) is 0 Å². The predicted octanol–water partition coefficient (Wildman–Crippen LogP) is 11.6. The molecule has 5 aliphatic carbocycles. The highest BCUT2D eigenvalue weighted by Gasteiger charge is 2.51. The largest absolute Gasteiger partial charge is 0.208 e. The van der Waals surface area contributed by atoms with E-state index in [9.17, 15) is 5.26 Å². The molecule has 0 amide bonds. The van der Waals surface area contributed by atoms with Crippen LogP contribution in [0, 0.1) is 29.1 Å². The summed E-state index contributed by atoms with van der Waals surface area (Å²) < 4.78 is 0. The van der Waals surface area contributed by atoms with Crippen LogP contribution in [0.15, 0.2) is 152 Å². The van der Waals surface area contributed by atoms with Gasteiger partial charge < -0.3 is 0 Å². The van der Waals surface area contributed by atoms with Crippen LogP contribution in [0.1, 0.15) is 71.9 Å². The monoisotopic (exact) mass is 708 g/mol. The Labute approximate surface area is 322 Å². The first kappa shape index (κ1) is 32.3. The zero-order valence-electron chi connectivity index (χ0n) is 30.7. The van der Waals surface area contributed by atoms with Gasteiger partial charge in [0.25, 0.3) is 0 Å². The molecule has 4 bridgehead atoms. The molecule has 264 valence electrons. The lowest BCUT2D eigenvalue weighted by molar-refractivity contribution is -0.00518. The first-order valence-corrected chi connectivity index (χ1v) is 19.8. The van der Waals surface area contributed by atoms with Gasteiger partial charge in [0.05, 0.1) is 17.0 Å². The zero-order chi connectivity index (χ0) is 36.6. The molecule has 0 radical (unpaired) electrons. The fourth-order valence-corrected chi connectivity index (χ4v) is 11.5. The minimum Gasteiger partial charge on any atom is -0.208 e. The number of hydrogen-bond donors (Lipinski definition) is 0. The van der Waals surface area contributed by atoms with Crippen LogP contribution in [0.4, 0.5) is 0 Å². The van der Waals surface area contributed by atoms with E-state index in [1.165, 1.54) is 55.2 Å². The van der Waals surface area contributed by atoms with Gasteiger partial charge in [-0.05, 0) is 119 Å². The first-order chi connectivity index (χ1) is 27.1. The minimum absolute atomic E-state index is 0.340.